The zero-order chi connectivity index (χ0) is 22.9. The molecule has 0 spiro atoms. The van der Waals surface area contributed by atoms with E-state index < -0.39 is 11.8 Å². The van der Waals surface area contributed by atoms with Crippen LogP contribution in [0.1, 0.15) is 63.6 Å². The van der Waals surface area contributed by atoms with E-state index in [-0.39, 0.29) is 12.5 Å². The number of carbonyl (C=O) groups is 3. The van der Waals surface area contributed by atoms with E-state index in [0.717, 1.165) is 25.7 Å². The van der Waals surface area contributed by atoms with Crippen molar-refractivity contribution in [2.75, 3.05) is 19.8 Å². The Balaban J connectivity index is 1.49. The summed E-state index contributed by atoms with van der Waals surface area (Å²) in [5.74, 6) is -0.292. The van der Waals surface area contributed by atoms with Crippen molar-refractivity contribution in [1.29, 1.82) is 0 Å². The van der Waals surface area contributed by atoms with Gasteiger partial charge in [0.15, 0.2) is 11.5 Å². The maximum atomic E-state index is 12.4. The van der Waals surface area contributed by atoms with Crippen LogP contribution in [-0.2, 0) is 17.6 Å². The number of nitrogens with one attached hydrogen (secondary N) is 3. The molecular formula is C23H29N3O5S. The van der Waals surface area contributed by atoms with Crippen molar-refractivity contribution >= 4 is 29.1 Å². The third-order valence-electron chi connectivity index (χ3n) is 5.00. The fourth-order valence-corrected chi connectivity index (χ4v) is 4.62. The predicted molar refractivity (Wildman–Crippen MR) is 122 cm³/mol. The second kappa shape index (κ2) is 11.5. The highest BCUT2D eigenvalue weighted by Crippen LogP contribution is 2.29. The lowest BCUT2D eigenvalue weighted by molar-refractivity contribution is -0.120. The molecular weight excluding hydrogens is 430 g/mol. The van der Waals surface area contributed by atoms with Gasteiger partial charge in [0, 0.05) is 10.4 Å². The summed E-state index contributed by atoms with van der Waals surface area (Å²) < 4.78 is 11.0. The summed E-state index contributed by atoms with van der Waals surface area (Å²) in [6.07, 6.45) is 5.50. The number of hydrazine groups is 1. The molecule has 0 saturated heterocycles. The highest BCUT2D eigenvalue weighted by Gasteiger charge is 2.17. The lowest BCUT2D eigenvalue weighted by Crippen LogP contribution is -2.46. The van der Waals surface area contributed by atoms with Crippen LogP contribution in [-0.4, -0.2) is 37.5 Å². The molecule has 1 aromatic heterocycles. The van der Waals surface area contributed by atoms with Crippen LogP contribution >= 0.6 is 11.3 Å². The quantitative estimate of drug-likeness (QED) is 0.416. The number of hydrogen-bond acceptors (Lipinski definition) is 6. The molecule has 0 bridgehead atoms. The number of amides is 3. The lowest BCUT2D eigenvalue weighted by Gasteiger charge is -2.12. The fourth-order valence-electron chi connectivity index (χ4n) is 3.47. The monoisotopic (exact) mass is 459 g/mol. The van der Waals surface area contributed by atoms with Crippen LogP contribution in [0.2, 0.25) is 0 Å². The van der Waals surface area contributed by atoms with Crippen LogP contribution < -0.4 is 25.6 Å². The second-order valence-corrected chi connectivity index (χ2v) is 8.47. The smallest absolute Gasteiger partial charge is 0.279 e. The molecule has 2 aromatic rings. The summed E-state index contributed by atoms with van der Waals surface area (Å²) in [5.41, 5.74) is 6.34. The SMILES string of the molecule is CCOc1ccc(C(=O)NCC(=O)NNC(=O)c2cc3c(s2)CCCCC3)cc1OCC. The van der Waals surface area contributed by atoms with E-state index in [2.05, 4.69) is 16.2 Å². The maximum Gasteiger partial charge on any atom is 0.279 e. The first-order chi connectivity index (χ1) is 15.5. The number of thiophene rings is 1. The van der Waals surface area contributed by atoms with Crippen molar-refractivity contribution in [3.05, 3.63) is 45.1 Å². The van der Waals surface area contributed by atoms with Crippen LogP contribution in [0.5, 0.6) is 11.5 Å². The van der Waals surface area contributed by atoms with E-state index in [0.29, 0.717) is 35.2 Å². The molecule has 0 atom stereocenters. The highest BCUT2D eigenvalue weighted by atomic mass is 32.1. The fraction of sp³-hybridized carbons (Fsp3) is 0.435. The van der Waals surface area contributed by atoms with Gasteiger partial charge < -0.3 is 14.8 Å². The molecule has 3 amide bonds. The topological polar surface area (TPSA) is 106 Å². The summed E-state index contributed by atoms with van der Waals surface area (Å²) in [4.78, 5) is 38.7. The minimum absolute atomic E-state index is 0.281. The van der Waals surface area contributed by atoms with E-state index in [1.54, 1.807) is 18.2 Å². The lowest BCUT2D eigenvalue weighted by atomic mass is 10.1. The molecule has 9 heteroatoms. The Morgan fingerprint density at radius 1 is 0.906 bits per heavy atom. The second-order valence-electron chi connectivity index (χ2n) is 7.33. The van der Waals surface area contributed by atoms with E-state index >= 15 is 0 Å². The third kappa shape index (κ3) is 6.23. The van der Waals surface area contributed by atoms with Gasteiger partial charge in [0.1, 0.15) is 0 Å². The van der Waals surface area contributed by atoms with E-state index in [1.807, 2.05) is 19.9 Å². The maximum absolute atomic E-state index is 12.4. The van der Waals surface area contributed by atoms with Crippen LogP contribution in [0.25, 0.3) is 0 Å². The van der Waals surface area contributed by atoms with Crippen molar-refractivity contribution in [1.82, 2.24) is 16.2 Å². The number of fused-ring (bicyclic) bond motifs is 1. The Hall–Kier alpha value is -3.07. The first-order valence-corrected chi connectivity index (χ1v) is 11.7. The van der Waals surface area contributed by atoms with Gasteiger partial charge >= 0.3 is 0 Å². The van der Waals surface area contributed by atoms with E-state index in [4.69, 9.17) is 9.47 Å². The molecule has 1 aromatic carbocycles. The van der Waals surface area contributed by atoms with Crippen molar-refractivity contribution in [3.63, 3.8) is 0 Å². The van der Waals surface area contributed by atoms with Gasteiger partial charge in [-0.25, -0.2) is 0 Å². The minimum Gasteiger partial charge on any atom is -0.490 e. The van der Waals surface area contributed by atoms with Gasteiger partial charge in [-0.1, -0.05) is 6.42 Å². The average molecular weight is 460 g/mol. The molecule has 3 rings (SSSR count). The van der Waals surface area contributed by atoms with Crippen molar-refractivity contribution in [3.8, 4) is 11.5 Å². The largest absolute Gasteiger partial charge is 0.490 e. The molecule has 0 radical (unpaired) electrons. The molecule has 172 valence electrons. The van der Waals surface area contributed by atoms with Gasteiger partial charge in [0.25, 0.3) is 17.7 Å². The number of rotatable bonds is 8. The number of benzene rings is 1. The molecule has 0 aliphatic heterocycles. The van der Waals surface area contributed by atoms with Crippen LogP contribution in [0.15, 0.2) is 24.3 Å². The van der Waals surface area contributed by atoms with Crippen LogP contribution in [0.4, 0.5) is 0 Å². The zero-order valence-electron chi connectivity index (χ0n) is 18.4. The average Bonchev–Trinajstić information content (AvgIpc) is 3.07. The Morgan fingerprint density at radius 3 is 2.44 bits per heavy atom. The number of hydrogen-bond donors (Lipinski definition) is 3. The molecule has 1 aliphatic rings. The summed E-state index contributed by atoms with van der Waals surface area (Å²) in [6.45, 7) is 4.33. The Kier molecular flexibility index (Phi) is 8.49. The molecule has 1 heterocycles. The standard InChI is InChI=1S/C23H29N3O5S/c1-3-30-17-11-10-16(12-18(17)31-4-2)22(28)24-14-21(27)25-26-23(29)20-13-15-8-6-5-7-9-19(15)32-20/h10-13H,3-9,14H2,1-2H3,(H,24,28)(H,25,27)(H,26,29). The molecule has 0 saturated carbocycles. The number of carbonyl (C=O) groups excluding carboxylic acids is 3. The predicted octanol–water partition coefficient (Wildman–Crippen LogP) is 3.01. The summed E-state index contributed by atoms with van der Waals surface area (Å²) in [7, 11) is 0. The van der Waals surface area contributed by atoms with Crippen molar-refractivity contribution in [2.24, 2.45) is 0 Å². The normalized spacial score (nSPS) is 12.8. The van der Waals surface area contributed by atoms with Crippen molar-refractivity contribution in [2.45, 2.75) is 46.0 Å². The molecule has 3 N–H and O–H groups in total. The Bertz CT molecular complexity index is 949. The van der Waals surface area contributed by atoms with E-state index in [9.17, 15) is 14.4 Å². The van der Waals surface area contributed by atoms with Crippen molar-refractivity contribution < 1.29 is 23.9 Å². The molecule has 1 aliphatic carbocycles. The first kappa shape index (κ1) is 23.6. The summed E-state index contributed by atoms with van der Waals surface area (Å²) in [6, 6.07) is 6.75. The van der Waals surface area contributed by atoms with Gasteiger partial charge in [0.05, 0.1) is 24.6 Å². The summed E-state index contributed by atoms with van der Waals surface area (Å²) in [5, 5.41) is 2.53. The summed E-state index contributed by atoms with van der Waals surface area (Å²) >= 11 is 1.48. The highest BCUT2D eigenvalue weighted by molar-refractivity contribution is 7.14. The molecule has 0 unspecified atom stereocenters. The Labute approximate surface area is 191 Å². The van der Waals surface area contributed by atoms with Crippen LogP contribution in [0, 0.1) is 0 Å². The third-order valence-corrected chi connectivity index (χ3v) is 6.24. The van der Waals surface area contributed by atoms with Crippen LogP contribution in [0.3, 0.4) is 0 Å². The van der Waals surface area contributed by atoms with Gasteiger partial charge in [-0.15, -0.1) is 11.3 Å². The Morgan fingerprint density at radius 2 is 1.66 bits per heavy atom. The number of aryl methyl sites for hydroxylation is 2. The molecule has 8 nitrogen and oxygen atoms in total. The molecule has 32 heavy (non-hydrogen) atoms. The van der Waals surface area contributed by atoms with Gasteiger partial charge in [-0.3, -0.25) is 25.2 Å². The number of ether oxygens (including phenoxy) is 2. The first-order valence-electron chi connectivity index (χ1n) is 10.9. The van der Waals surface area contributed by atoms with Gasteiger partial charge in [-0.05, 0) is 69.4 Å². The van der Waals surface area contributed by atoms with Gasteiger partial charge in [0.2, 0.25) is 0 Å². The minimum atomic E-state index is -0.527. The van der Waals surface area contributed by atoms with E-state index in [1.165, 1.54) is 28.2 Å². The molecule has 0 fully saturated rings. The van der Waals surface area contributed by atoms with Gasteiger partial charge in [-0.2, -0.15) is 0 Å². The zero-order valence-corrected chi connectivity index (χ0v) is 19.2.